The molecule has 3 rings (SSSR count). The molecule has 2 aromatic heterocycles. The summed E-state index contributed by atoms with van der Waals surface area (Å²) in [7, 11) is -0.580. The Labute approximate surface area is 132 Å². The van der Waals surface area contributed by atoms with Gasteiger partial charge in [-0.05, 0) is 29.8 Å². The Morgan fingerprint density at radius 3 is 2.74 bits per heavy atom. The van der Waals surface area contributed by atoms with E-state index in [9.17, 15) is 13.2 Å². The number of oxazole rings is 1. The molecule has 0 spiro atoms. The van der Waals surface area contributed by atoms with E-state index in [1.165, 1.54) is 24.7 Å². The van der Waals surface area contributed by atoms with Crippen LogP contribution in [0.15, 0.2) is 56.7 Å². The average Bonchev–Trinajstić information content (AvgIpc) is 2.83. The molecule has 0 aliphatic rings. The number of fused-ring (bicyclic) bond motifs is 1. The van der Waals surface area contributed by atoms with E-state index < -0.39 is 15.8 Å². The first-order valence-corrected chi connectivity index (χ1v) is 8.29. The number of pyridine rings is 1. The fraction of sp³-hybridized carbons (Fsp3) is 0.200. The van der Waals surface area contributed by atoms with Crippen molar-refractivity contribution in [3.8, 4) is 0 Å². The molecular weight excluding hydrogens is 318 g/mol. The summed E-state index contributed by atoms with van der Waals surface area (Å²) in [5.74, 6) is -0.528. The van der Waals surface area contributed by atoms with Crippen LogP contribution in [0.2, 0.25) is 0 Å². The van der Waals surface area contributed by atoms with E-state index in [2.05, 4.69) is 4.98 Å². The van der Waals surface area contributed by atoms with Gasteiger partial charge in [-0.25, -0.2) is 22.5 Å². The van der Waals surface area contributed by atoms with Gasteiger partial charge in [-0.2, -0.15) is 0 Å². The molecule has 2 heterocycles. The molecule has 120 valence electrons. The molecule has 0 aliphatic carbocycles. The van der Waals surface area contributed by atoms with Crippen LogP contribution >= 0.6 is 0 Å². The van der Waals surface area contributed by atoms with E-state index in [1.54, 1.807) is 36.5 Å². The van der Waals surface area contributed by atoms with Gasteiger partial charge in [-0.15, -0.1) is 0 Å². The van der Waals surface area contributed by atoms with Crippen LogP contribution in [0.5, 0.6) is 0 Å². The van der Waals surface area contributed by atoms with Crippen molar-refractivity contribution in [2.45, 2.75) is 11.4 Å². The van der Waals surface area contributed by atoms with Gasteiger partial charge in [0.05, 0.1) is 11.4 Å². The Morgan fingerprint density at radius 1 is 1.22 bits per heavy atom. The van der Waals surface area contributed by atoms with Crippen LogP contribution in [0.4, 0.5) is 0 Å². The number of sulfonamides is 1. The van der Waals surface area contributed by atoms with Crippen LogP contribution in [0, 0.1) is 0 Å². The highest BCUT2D eigenvalue weighted by Gasteiger charge is 2.18. The van der Waals surface area contributed by atoms with E-state index >= 15 is 0 Å². The molecule has 0 aliphatic heterocycles. The largest absolute Gasteiger partial charge is 0.421 e. The smallest absolute Gasteiger partial charge is 0.406 e. The molecule has 7 nitrogen and oxygen atoms in total. The van der Waals surface area contributed by atoms with Crippen LogP contribution in [-0.2, 0) is 16.6 Å². The Hall–Kier alpha value is -2.45. The second-order valence-electron chi connectivity index (χ2n) is 5.21. The van der Waals surface area contributed by atoms with Gasteiger partial charge in [0.1, 0.15) is 0 Å². The summed E-state index contributed by atoms with van der Waals surface area (Å²) in [6.45, 7) is 0.180. The van der Waals surface area contributed by atoms with Gasteiger partial charge in [0.2, 0.25) is 10.0 Å². The predicted molar refractivity (Wildman–Crippen MR) is 84.7 cm³/mol. The standard InChI is InChI=1S/C15H15N3O4S/c1-17(2)23(20,21)12-6-3-5-11(9-12)10-18-14-13(22-15(18)19)7-4-8-16-14/h3-9H,10H2,1-2H3. The zero-order valence-corrected chi connectivity index (χ0v) is 13.4. The quantitative estimate of drug-likeness (QED) is 0.718. The van der Waals surface area contributed by atoms with Crippen LogP contribution in [0.25, 0.3) is 11.2 Å². The third kappa shape index (κ3) is 2.78. The maximum atomic E-state index is 12.2. The number of hydrogen-bond donors (Lipinski definition) is 0. The lowest BCUT2D eigenvalue weighted by atomic mass is 10.2. The second-order valence-corrected chi connectivity index (χ2v) is 7.37. The van der Waals surface area contributed by atoms with Crippen LogP contribution in [0.1, 0.15) is 5.56 Å². The van der Waals surface area contributed by atoms with E-state index in [-0.39, 0.29) is 11.4 Å². The minimum atomic E-state index is -3.52. The third-order valence-corrected chi connectivity index (χ3v) is 5.25. The number of hydrogen-bond acceptors (Lipinski definition) is 5. The molecule has 0 unspecified atom stereocenters. The summed E-state index contributed by atoms with van der Waals surface area (Å²) < 4.78 is 32.0. The zero-order valence-electron chi connectivity index (χ0n) is 12.6. The van der Waals surface area contributed by atoms with Crippen molar-refractivity contribution in [3.63, 3.8) is 0 Å². The summed E-state index contributed by atoms with van der Waals surface area (Å²) in [6.07, 6.45) is 1.57. The Bertz CT molecular complexity index is 1020. The molecule has 0 amide bonds. The highest BCUT2D eigenvalue weighted by atomic mass is 32.2. The molecule has 1 aromatic carbocycles. The molecule has 3 aromatic rings. The number of rotatable bonds is 4. The Kier molecular flexibility index (Phi) is 3.78. The lowest BCUT2D eigenvalue weighted by molar-refractivity contribution is 0.516. The highest BCUT2D eigenvalue weighted by Crippen LogP contribution is 2.17. The van der Waals surface area contributed by atoms with Crippen molar-refractivity contribution in [2.75, 3.05) is 14.1 Å². The van der Waals surface area contributed by atoms with E-state index in [0.29, 0.717) is 16.8 Å². The first-order valence-electron chi connectivity index (χ1n) is 6.85. The van der Waals surface area contributed by atoms with Crippen LogP contribution in [0.3, 0.4) is 0 Å². The summed E-state index contributed by atoms with van der Waals surface area (Å²) in [5, 5.41) is 0. The van der Waals surface area contributed by atoms with Gasteiger partial charge in [0, 0.05) is 20.3 Å². The van der Waals surface area contributed by atoms with Gasteiger partial charge < -0.3 is 4.42 Å². The molecule has 0 fully saturated rings. The number of nitrogens with zero attached hydrogens (tertiary/aromatic N) is 3. The second kappa shape index (κ2) is 5.64. The first-order chi connectivity index (χ1) is 10.9. The molecule has 23 heavy (non-hydrogen) atoms. The molecule has 8 heteroatoms. The van der Waals surface area contributed by atoms with Crippen molar-refractivity contribution in [1.29, 1.82) is 0 Å². The summed E-state index contributed by atoms with van der Waals surface area (Å²) in [4.78, 5) is 16.3. The van der Waals surface area contributed by atoms with Crippen molar-refractivity contribution < 1.29 is 12.8 Å². The maximum absolute atomic E-state index is 12.2. The Balaban J connectivity index is 2.04. The lowest BCUT2D eigenvalue weighted by Gasteiger charge is -2.12. The topological polar surface area (TPSA) is 85.4 Å². The molecule has 0 saturated heterocycles. The molecule has 0 saturated carbocycles. The van der Waals surface area contributed by atoms with Gasteiger partial charge in [-0.1, -0.05) is 12.1 Å². The summed E-state index contributed by atoms with van der Waals surface area (Å²) in [5.41, 5.74) is 1.50. The first kappa shape index (κ1) is 15.4. The molecule has 0 bridgehead atoms. The number of benzene rings is 1. The molecule has 0 radical (unpaired) electrons. The average molecular weight is 333 g/mol. The van der Waals surface area contributed by atoms with Gasteiger partial charge in [0.25, 0.3) is 0 Å². The fourth-order valence-electron chi connectivity index (χ4n) is 2.24. The Morgan fingerprint density at radius 2 is 2.00 bits per heavy atom. The van der Waals surface area contributed by atoms with Crippen molar-refractivity contribution in [2.24, 2.45) is 0 Å². The normalized spacial score (nSPS) is 12.1. The van der Waals surface area contributed by atoms with Crippen molar-refractivity contribution in [3.05, 3.63) is 58.7 Å². The zero-order chi connectivity index (χ0) is 16.6. The van der Waals surface area contributed by atoms with Crippen molar-refractivity contribution in [1.82, 2.24) is 13.9 Å². The highest BCUT2D eigenvalue weighted by molar-refractivity contribution is 7.89. The van der Waals surface area contributed by atoms with E-state index in [4.69, 9.17) is 4.42 Å². The predicted octanol–water partition coefficient (Wildman–Crippen LogP) is 1.29. The lowest BCUT2D eigenvalue weighted by Crippen LogP contribution is -2.22. The SMILES string of the molecule is CN(C)S(=O)(=O)c1cccc(Cn2c(=O)oc3cccnc32)c1. The summed E-state index contributed by atoms with van der Waals surface area (Å²) in [6, 6.07) is 9.80. The monoisotopic (exact) mass is 333 g/mol. The fourth-order valence-corrected chi connectivity index (χ4v) is 3.21. The van der Waals surface area contributed by atoms with Crippen LogP contribution in [-0.4, -0.2) is 36.4 Å². The van der Waals surface area contributed by atoms with Gasteiger partial charge in [-0.3, -0.25) is 4.57 Å². The minimum Gasteiger partial charge on any atom is -0.406 e. The molecular formula is C15H15N3O4S. The molecule has 0 N–H and O–H groups in total. The van der Waals surface area contributed by atoms with Gasteiger partial charge >= 0.3 is 5.76 Å². The summed E-state index contributed by atoms with van der Waals surface area (Å²) >= 11 is 0. The third-order valence-electron chi connectivity index (χ3n) is 3.44. The molecule has 0 atom stereocenters. The van der Waals surface area contributed by atoms with E-state index in [0.717, 1.165) is 4.31 Å². The minimum absolute atomic E-state index is 0.175. The van der Waals surface area contributed by atoms with Crippen molar-refractivity contribution >= 4 is 21.3 Å². The van der Waals surface area contributed by atoms with Crippen LogP contribution < -0.4 is 5.76 Å². The maximum Gasteiger partial charge on any atom is 0.421 e. The van der Waals surface area contributed by atoms with Gasteiger partial charge in [0.15, 0.2) is 11.2 Å². The number of aromatic nitrogens is 2. The van der Waals surface area contributed by atoms with E-state index in [1.807, 2.05) is 0 Å².